The highest BCUT2D eigenvalue weighted by molar-refractivity contribution is 6.31. The Morgan fingerprint density at radius 3 is 2.68 bits per heavy atom. The minimum Gasteiger partial charge on any atom is -0.497 e. The van der Waals surface area contributed by atoms with Crippen LogP contribution in [0.15, 0.2) is 42.5 Å². The summed E-state index contributed by atoms with van der Waals surface area (Å²) in [4.78, 5) is 2.51. The second kappa shape index (κ2) is 8.14. The first kappa shape index (κ1) is 20.8. The van der Waals surface area contributed by atoms with Gasteiger partial charge in [-0.05, 0) is 55.3 Å². The molecule has 3 aromatic rings. The van der Waals surface area contributed by atoms with E-state index in [0.29, 0.717) is 0 Å². The molecule has 1 aromatic heterocycles. The van der Waals surface area contributed by atoms with Crippen LogP contribution in [0.25, 0.3) is 10.9 Å². The van der Waals surface area contributed by atoms with Crippen molar-refractivity contribution in [3.63, 3.8) is 0 Å². The van der Waals surface area contributed by atoms with Crippen molar-refractivity contribution in [2.75, 3.05) is 33.4 Å². The topological polar surface area (TPSA) is 49.7 Å². The number of nitrogens with one attached hydrogen (secondary N) is 1. The van der Waals surface area contributed by atoms with Gasteiger partial charge in [-0.2, -0.15) is 0 Å². The van der Waals surface area contributed by atoms with Crippen LogP contribution in [0.3, 0.4) is 0 Å². The number of aliphatic hydroxyl groups is 1. The van der Waals surface area contributed by atoms with Crippen molar-refractivity contribution in [2.24, 2.45) is 7.05 Å². The molecule has 5 rings (SSSR count). The lowest BCUT2D eigenvalue weighted by molar-refractivity contribution is 0.131. The van der Waals surface area contributed by atoms with Gasteiger partial charge in [-0.3, -0.25) is 4.90 Å². The van der Waals surface area contributed by atoms with Gasteiger partial charge in [0, 0.05) is 47.7 Å². The van der Waals surface area contributed by atoms with Gasteiger partial charge < -0.3 is 19.7 Å². The van der Waals surface area contributed by atoms with Crippen LogP contribution in [0.5, 0.6) is 5.75 Å². The number of ether oxygens (including phenoxy) is 1. The molecule has 5 nitrogen and oxygen atoms in total. The van der Waals surface area contributed by atoms with Crippen LogP contribution in [-0.4, -0.2) is 47.9 Å². The Labute approximate surface area is 188 Å². The molecule has 2 aliphatic rings. The fourth-order valence-electron chi connectivity index (χ4n) is 5.62. The predicted molar refractivity (Wildman–Crippen MR) is 125 cm³/mol. The van der Waals surface area contributed by atoms with Crippen molar-refractivity contribution in [1.29, 1.82) is 0 Å². The summed E-state index contributed by atoms with van der Waals surface area (Å²) in [7, 11) is 3.81. The zero-order valence-corrected chi connectivity index (χ0v) is 19.0. The maximum Gasteiger partial charge on any atom is 0.120 e. The summed E-state index contributed by atoms with van der Waals surface area (Å²) in [5.74, 6) is 0.863. The van der Waals surface area contributed by atoms with Crippen LogP contribution in [-0.2, 0) is 19.0 Å². The van der Waals surface area contributed by atoms with Crippen LogP contribution >= 0.6 is 11.6 Å². The van der Waals surface area contributed by atoms with Gasteiger partial charge in [-0.15, -0.1) is 0 Å². The Bertz CT molecular complexity index is 1100. The Morgan fingerprint density at radius 2 is 1.97 bits per heavy atom. The fraction of sp³-hybridized carbons (Fsp3) is 0.440. The third-order valence-corrected chi connectivity index (χ3v) is 7.72. The number of aromatic nitrogens is 1. The number of nitrogens with zero attached hydrogens (tertiary/aromatic N) is 2. The third kappa shape index (κ3) is 3.44. The Kier molecular flexibility index (Phi) is 5.47. The number of piperidine rings is 1. The van der Waals surface area contributed by atoms with E-state index in [1.807, 2.05) is 12.1 Å². The molecule has 164 valence electrons. The summed E-state index contributed by atoms with van der Waals surface area (Å²) in [5, 5.41) is 15.9. The smallest absolute Gasteiger partial charge is 0.120 e. The van der Waals surface area contributed by atoms with E-state index in [1.165, 1.54) is 27.7 Å². The molecule has 6 heteroatoms. The number of halogens is 1. The SMILES string of the molecule is COc1ccc2c3c(n(C)c2c1)[C@H](CO)NCC31CCN(Cc2ccccc2Cl)CC1. The number of likely N-dealkylation sites (tertiary alicyclic amines) is 1. The normalized spacial score (nSPS) is 20.8. The first-order valence-electron chi connectivity index (χ1n) is 11.0. The molecule has 2 aromatic carbocycles. The van der Waals surface area contributed by atoms with Crippen LogP contribution in [0, 0.1) is 0 Å². The predicted octanol–water partition coefficient (Wildman–Crippen LogP) is 4.01. The number of fused-ring (bicyclic) bond motifs is 4. The minimum atomic E-state index is -0.0369. The van der Waals surface area contributed by atoms with Crippen molar-refractivity contribution < 1.29 is 9.84 Å². The number of aliphatic hydroxyl groups excluding tert-OH is 1. The molecular formula is C25H30ClN3O2. The molecule has 1 fully saturated rings. The van der Waals surface area contributed by atoms with Crippen molar-refractivity contribution in [3.8, 4) is 5.75 Å². The number of hydrogen-bond donors (Lipinski definition) is 2. The van der Waals surface area contributed by atoms with E-state index in [9.17, 15) is 5.11 Å². The minimum absolute atomic E-state index is 0.0369. The molecule has 1 saturated heterocycles. The lowest BCUT2D eigenvalue weighted by Gasteiger charge is -2.46. The molecular weight excluding hydrogens is 410 g/mol. The highest BCUT2D eigenvalue weighted by Crippen LogP contribution is 2.47. The summed E-state index contributed by atoms with van der Waals surface area (Å²) in [5.41, 5.74) is 5.08. The van der Waals surface area contributed by atoms with Gasteiger partial charge in [0.1, 0.15) is 5.75 Å². The second-order valence-corrected chi connectivity index (χ2v) is 9.37. The van der Waals surface area contributed by atoms with Crippen LogP contribution < -0.4 is 10.1 Å². The van der Waals surface area contributed by atoms with Crippen LogP contribution in [0.4, 0.5) is 0 Å². The van der Waals surface area contributed by atoms with E-state index >= 15 is 0 Å². The standard InChI is InChI=1S/C25H30ClN3O2/c1-28-22-13-18(31-2)7-8-19(22)23-24(28)21(15-30)27-16-25(23)9-11-29(12-10-25)14-17-5-3-4-6-20(17)26/h3-8,13,21,27,30H,9-12,14-16H2,1-2H3/t21-/m0/s1. The Balaban J connectivity index is 1.49. The molecule has 2 aliphatic heterocycles. The number of rotatable bonds is 4. The summed E-state index contributed by atoms with van der Waals surface area (Å²) in [6.45, 7) is 3.95. The molecule has 0 saturated carbocycles. The largest absolute Gasteiger partial charge is 0.497 e. The zero-order valence-electron chi connectivity index (χ0n) is 18.2. The summed E-state index contributed by atoms with van der Waals surface area (Å²) >= 11 is 6.40. The maximum absolute atomic E-state index is 10.1. The second-order valence-electron chi connectivity index (χ2n) is 8.97. The first-order valence-corrected chi connectivity index (χ1v) is 11.4. The maximum atomic E-state index is 10.1. The number of aryl methyl sites for hydroxylation is 1. The lowest BCUT2D eigenvalue weighted by Crippen LogP contribution is -2.52. The van der Waals surface area contributed by atoms with Gasteiger partial charge in [-0.1, -0.05) is 29.8 Å². The van der Waals surface area contributed by atoms with Gasteiger partial charge >= 0.3 is 0 Å². The van der Waals surface area contributed by atoms with E-state index in [2.05, 4.69) is 52.2 Å². The van der Waals surface area contributed by atoms with Crippen LogP contribution in [0.2, 0.25) is 5.02 Å². The quantitative estimate of drug-likeness (QED) is 0.644. The molecule has 0 bridgehead atoms. The molecule has 31 heavy (non-hydrogen) atoms. The average Bonchev–Trinajstić information content (AvgIpc) is 3.10. The molecule has 0 aliphatic carbocycles. The highest BCUT2D eigenvalue weighted by Gasteiger charge is 2.44. The monoisotopic (exact) mass is 439 g/mol. The Hall–Kier alpha value is -2.05. The van der Waals surface area contributed by atoms with Crippen molar-refractivity contribution in [3.05, 3.63) is 64.3 Å². The summed E-state index contributed by atoms with van der Waals surface area (Å²) in [6, 6.07) is 14.5. The lowest BCUT2D eigenvalue weighted by atomic mass is 9.69. The van der Waals surface area contributed by atoms with Gasteiger partial charge in [-0.25, -0.2) is 0 Å². The van der Waals surface area contributed by atoms with E-state index in [-0.39, 0.29) is 18.1 Å². The van der Waals surface area contributed by atoms with Crippen molar-refractivity contribution in [2.45, 2.75) is 30.8 Å². The molecule has 3 heterocycles. The van der Waals surface area contributed by atoms with Crippen LogP contribution in [0.1, 0.15) is 35.7 Å². The molecule has 2 N–H and O–H groups in total. The van der Waals surface area contributed by atoms with Gasteiger partial charge in [0.2, 0.25) is 0 Å². The first-order chi connectivity index (χ1) is 15.1. The average molecular weight is 440 g/mol. The van der Waals surface area contributed by atoms with Gasteiger partial charge in [0.05, 0.1) is 25.3 Å². The molecule has 1 atom stereocenters. The third-order valence-electron chi connectivity index (χ3n) is 7.35. The van der Waals surface area contributed by atoms with E-state index in [1.54, 1.807) is 7.11 Å². The highest BCUT2D eigenvalue weighted by atomic mass is 35.5. The molecule has 0 unspecified atom stereocenters. The van der Waals surface area contributed by atoms with E-state index < -0.39 is 0 Å². The van der Waals surface area contributed by atoms with Crippen molar-refractivity contribution >= 4 is 22.5 Å². The Morgan fingerprint density at radius 1 is 1.19 bits per heavy atom. The summed E-state index contributed by atoms with van der Waals surface area (Å²) < 4.78 is 7.73. The molecule has 0 radical (unpaired) electrons. The van der Waals surface area contributed by atoms with Crippen molar-refractivity contribution in [1.82, 2.24) is 14.8 Å². The fourth-order valence-corrected chi connectivity index (χ4v) is 5.81. The molecule has 1 spiro atoms. The number of benzene rings is 2. The van der Waals surface area contributed by atoms with E-state index in [0.717, 1.165) is 49.8 Å². The number of hydrogen-bond acceptors (Lipinski definition) is 4. The van der Waals surface area contributed by atoms with Gasteiger partial charge in [0.15, 0.2) is 0 Å². The van der Waals surface area contributed by atoms with E-state index in [4.69, 9.17) is 16.3 Å². The van der Waals surface area contributed by atoms with Gasteiger partial charge in [0.25, 0.3) is 0 Å². The summed E-state index contributed by atoms with van der Waals surface area (Å²) in [6.07, 6.45) is 2.17. The zero-order chi connectivity index (χ0) is 21.6. The number of methoxy groups -OCH3 is 1. The molecule has 0 amide bonds.